The van der Waals surface area contributed by atoms with Crippen molar-refractivity contribution in [1.82, 2.24) is 19.9 Å². The Labute approximate surface area is 137 Å². The molecule has 3 aromatic rings. The number of benzene rings is 1. The molecule has 0 aliphatic rings. The van der Waals surface area contributed by atoms with Crippen LogP contribution in [0.2, 0.25) is 0 Å². The van der Waals surface area contributed by atoms with Gasteiger partial charge in [-0.05, 0) is 36.2 Å². The fraction of sp³-hybridized carbons (Fsp3) is 0.235. The molecule has 24 heavy (non-hydrogen) atoms. The van der Waals surface area contributed by atoms with Crippen LogP contribution in [0.15, 0.2) is 42.6 Å². The minimum atomic E-state index is -0.775. The quantitative estimate of drug-likeness (QED) is 0.799. The molecular weight excluding hydrogens is 314 g/mol. The molecule has 0 saturated heterocycles. The zero-order valence-corrected chi connectivity index (χ0v) is 13.2. The van der Waals surface area contributed by atoms with Crippen molar-refractivity contribution < 1.29 is 13.6 Å². The molecule has 5 nitrogen and oxygen atoms in total. The van der Waals surface area contributed by atoms with Gasteiger partial charge in [-0.15, -0.1) is 10.2 Å². The number of amides is 1. The molecule has 0 aliphatic heterocycles. The monoisotopic (exact) mass is 330 g/mol. The Hall–Kier alpha value is -2.83. The van der Waals surface area contributed by atoms with Crippen LogP contribution in [0, 0.1) is 17.6 Å². The molecule has 7 heteroatoms. The summed E-state index contributed by atoms with van der Waals surface area (Å²) < 4.78 is 28.9. The summed E-state index contributed by atoms with van der Waals surface area (Å²) in [6, 6.07) is 7.73. The topological polar surface area (TPSA) is 59.3 Å². The molecule has 124 valence electrons. The second-order valence-electron chi connectivity index (χ2n) is 5.81. The van der Waals surface area contributed by atoms with Gasteiger partial charge < -0.3 is 5.32 Å². The number of nitrogens with one attached hydrogen (secondary N) is 1. The molecule has 0 bridgehead atoms. The molecule has 2 heterocycles. The maximum absolute atomic E-state index is 13.8. The third-order valence-electron chi connectivity index (χ3n) is 3.74. The predicted octanol–water partition coefficient (Wildman–Crippen LogP) is 3.13. The first-order chi connectivity index (χ1) is 11.5. The van der Waals surface area contributed by atoms with E-state index in [2.05, 4.69) is 15.5 Å². The maximum atomic E-state index is 13.8. The summed E-state index contributed by atoms with van der Waals surface area (Å²) in [7, 11) is 0. The van der Waals surface area contributed by atoms with E-state index in [9.17, 15) is 13.6 Å². The molecule has 1 N–H and O–H groups in total. The summed E-state index contributed by atoms with van der Waals surface area (Å²) >= 11 is 0. The number of nitrogens with zero attached hydrogens (tertiary/aromatic N) is 3. The first-order valence-corrected chi connectivity index (χ1v) is 7.53. The molecule has 2 aromatic heterocycles. The molecule has 0 radical (unpaired) electrons. The van der Waals surface area contributed by atoms with Crippen molar-refractivity contribution >= 4 is 11.6 Å². The number of hydrogen-bond donors (Lipinski definition) is 1. The Morgan fingerprint density at radius 3 is 2.71 bits per heavy atom. The molecule has 0 spiro atoms. The van der Waals surface area contributed by atoms with E-state index in [1.807, 2.05) is 26.0 Å². The van der Waals surface area contributed by atoms with E-state index in [0.717, 1.165) is 18.2 Å². The van der Waals surface area contributed by atoms with Crippen LogP contribution in [0.4, 0.5) is 8.78 Å². The highest BCUT2D eigenvalue weighted by molar-refractivity contribution is 5.94. The number of pyridine rings is 1. The van der Waals surface area contributed by atoms with Gasteiger partial charge in [-0.2, -0.15) is 0 Å². The van der Waals surface area contributed by atoms with Gasteiger partial charge in [-0.3, -0.25) is 9.20 Å². The number of hydrogen-bond acceptors (Lipinski definition) is 3. The summed E-state index contributed by atoms with van der Waals surface area (Å²) in [5.41, 5.74) is 0.304. The standard InChI is InChI=1S/C17H16F2N4O/c1-10(2)15(16-22-21-14-5-3-4-8-23(14)16)20-17(24)12-9-11(18)6-7-13(12)19/h3-10,15H,1-2H3,(H,20,24). The van der Waals surface area contributed by atoms with Gasteiger partial charge in [0.25, 0.3) is 5.91 Å². The lowest BCUT2D eigenvalue weighted by Gasteiger charge is -2.21. The minimum Gasteiger partial charge on any atom is -0.342 e. The fourth-order valence-electron chi connectivity index (χ4n) is 2.49. The molecule has 0 fully saturated rings. The molecule has 1 unspecified atom stereocenters. The number of fused-ring (bicyclic) bond motifs is 1. The third kappa shape index (κ3) is 2.97. The average molecular weight is 330 g/mol. The Kier molecular flexibility index (Phi) is 4.24. The lowest BCUT2D eigenvalue weighted by atomic mass is 10.0. The summed E-state index contributed by atoms with van der Waals surface area (Å²) in [4.78, 5) is 12.4. The molecule has 1 amide bonds. The van der Waals surface area contributed by atoms with E-state index < -0.39 is 23.6 Å². The van der Waals surface area contributed by atoms with Crippen LogP contribution in [0.3, 0.4) is 0 Å². The fourth-order valence-corrected chi connectivity index (χ4v) is 2.49. The van der Waals surface area contributed by atoms with Crippen molar-refractivity contribution in [2.75, 3.05) is 0 Å². The van der Waals surface area contributed by atoms with Gasteiger partial charge in [-0.25, -0.2) is 8.78 Å². The lowest BCUT2D eigenvalue weighted by Crippen LogP contribution is -2.33. The zero-order valence-electron chi connectivity index (χ0n) is 13.2. The Morgan fingerprint density at radius 1 is 1.17 bits per heavy atom. The number of aromatic nitrogens is 3. The normalized spacial score (nSPS) is 12.5. The van der Waals surface area contributed by atoms with E-state index in [0.29, 0.717) is 11.5 Å². The van der Waals surface area contributed by atoms with Gasteiger partial charge in [0.05, 0.1) is 11.6 Å². The van der Waals surface area contributed by atoms with Gasteiger partial charge in [-0.1, -0.05) is 19.9 Å². The number of rotatable bonds is 4. The van der Waals surface area contributed by atoms with Crippen LogP contribution < -0.4 is 5.32 Å². The van der Waals surface area contributed by atoms with Gasteiger partial charge in [0, 0.05) is 6.20 Å². The highest BCUT2D eigenvalue weighted by Crippen LogP contribution is 2.22. The van der Waals surface area contributed by atoms with E-state index in [1.165, 1.54) is 0 Å². The second kappa shape index (κ2) is 6.35. The van der Waals surface area contributed by atoms with Crippen molar-refractivity contribution in [3.05, 3.63) is 65.6 Å². The second-order valence-corrected chi connectivity index (χ2v) is 5.81. The predicted molar refractivity (Wildman–Crippen MR) is 84.4 cm³/mol. The molecule has 1 atom stereocenters. The van der Waals surface area contributed by atoms with Crippen molar-refractivity contribution in [2.45, 2.75) is 19.9 Å². The third-order valence-corrected chi connectivity index (χ3v) is 3.74. The summed E-state index contributed by atoms with van der Waals surface area (Å²) in [5.74, 6) is -1.64. The van der Waals surface area contributed by atoms with Gasteiger partial charge in [0.1, 0.15) is 11.6 Å². The maximum Gasteiger partial charge on any atom is 0.254 e. The van der Waals surface area contributed by atoms with E-state index in [-0.39, 0.29) is 11.5 Å². The summed E-state index contributed by atoms with van der Waals surface area (Å²) in [6.07, 6.45) is 1.79. The Morgan fingerprint density at radius 2 is 1.96 bits per heavy atom. The number of carbonyl (C=O) groups excluding carboxylic acids is 1. The molecule has 0 aliphatic carbocycles. The van der Waals surface area contributed by atoms with Crippen LogP contribution >= 0.6 is 0 Å². The highest BCUT2D eigenvalue weighted by atomic mass is 19.1. The van der Waals surface area contributed by atoms with Crippen LogP contribution in [0.25, 0.3) is 5.65 Å². The Balaban J connectivity index is 1.95. The number of carbonyl (C=O) groups is 1. The highest BCUT2D eigenvalue weighted by Gasteiger charge is 2.25. The SMILES string of the molecule is CC(C)C(NC(=O)c1cc(F)ccc1F)c1nnc2ccccn12. The molecule has 1 aromatic carbocycles. The largest absolute Gasteiger partial charge is 0.342 e. The van der Waals surface area contributed by atoms with Gasteiger partial charge >= 0.3 is 0 Å². The van der Waals surface area contributed by atoms with Crippen LogP contribution in [-0.4, -0.2) is 20.5 Å². The van der Waals surface area contributed by atoms with E-state index in [4.69, 9.17) is 0 Å². The first-order valence-electron chi connectivity index (χ1n) is 7.53. The van der Waals surface area contributed by atoms with E-state index in [1.54, 1.807) is 16.7 Å². The van der Waals surface area contributed by atoms with Crippen LogP contribution in [-0.2, 0) is 0 Å². The van der Waals surface area contributed by atoms with Crippen molar-refractivity contribution in [2.24, 2.45) is 5.92 Å². The minimum absolute atomic E-state index is 0.0295. The van der Waals surface area contributed by atoms with Gasteiger partial charge in [0.15, 0.2) is 11.5 Å². The number of halogens is 2. The summed E-state index contributed by atoms with van der Waals surface area (Å²) in [6.45, 7) is 3.80. The molecule has 0 saturated carbocycles. The Bertz CT molecular complexity index is 891. The smallest absolute Gasteiger partial charge is 0.254 e. The molecular formula is C17H16F2N4O. The van der Waals surface area contributed by atoms with Crippen LogP contribution in [0.1, 0.15) is 36.1 Å². The van der Waals surface area contributed by atoms with Crippen molar-refractivity contribution in [1.29, 1.82) is 0 Å². The van der Waals surface area contributed by atoms with E-state index >= 15 is 0 Å². The lowest BCUT2D eigenvalue weighted by molar-refractivity contribution is 0.0918. The van der Waals surface area contributed by atoms with Gasteiger partial charge in [0.2, 0.25) is 0 Å². The molecule has 3 rings (SSSR count). The zero-order chi connectivity index (χ0) is 17.3. The van der Waals surface area contributed by atoms with Crippen molar-refractivity contribution in [3.63, 3.8) is 0 Å². The van der Waals surface area contributed by atoms with Crippen LogP contribution in [0.5, 0.6) is 0 Å². The summed E-state index contributed by atoms with van der Waals surface area (Å²) in [5, 5.41) is 10.9. The first kappa shape index (κ1) is 16.0. The van der Waals surface area contributed by atoms with Crippen molar-refractivity contribution in [3.8, 4) is 0 Å². The average Bonchev–Trinajstić information content (AvgIpc) is 2.98.